The fourth-order valence-corrected chi connectivity index (χ4v) is 5.01. The van der Waals surface area contributed by atoms with Crippen molar-refractivity contribution in [3.8, 4) is 0 Å². The summed E-state index contributed by atoms with van der Waals surface area (Å²) in [5, 5.41) is 2.83. The Balaban J connectivity index is 1.52. The third-order valence-corrected chi connectivity index (χ3v) is 6.83. The van der Waals surface area contributed by atoms with Gasteiger partial charge in [0.25, 0.3) is 0 Å². The van der Waals surface area contributed by atoms with Gasteiger partial charge >= 0.3 is 0 Å². The van der Waals surface area contributed by atoms with E-state index in [0.29, 0.717) is 25.9 Å². The van der Waals surface area contributed by atoms with Crippen LogP contribution in [-0.2, 0) is 24.4 Å². The molecule has 3 aliphatic rings. The maximum absolute atomic E-state index is 12.4. The van der Waals surface area contributed by atoms with Crippen LogP contribution in [0.2, 0.25) is 0 Å². The van der Waals surface area contributed by atoms with Crippen LogP contribution in [0, 0.1) is 11.8 Å². The van der Waals surface area contributed by atoms with E-state index in [1.807, 2.05) is 0 Å². The number of rotatable bonds is 4. The lowest BCUT2D eigenvalue weighted by molar-refractivity contribution is -0.143. The Morgan fingerprint density at radius 1 is 1.04 bits per heavy atom. The molecule has 2 unspecified atom stereocenters. The predicted molar refractivity (Wildman–Crippen MR) is 89.7 cm³/mol. The Hall–Kier alpha value is -1.48. The number of carbonyl (C=O) groups is 3. The molecule has 3 rings (SSSR count). The van der Waals surface area contributed by atoms with Crippen molar-refractivity contribution in [2.45, 2.75) is 44.6 Å². The van der Waals surface area contributed by atoms with Gasteiger partial charge in [0.05, 0.1) is 18.1 Å². The third-order valence-electron chi connectivity index (χ3n) is 5.52. The van der Waals surface area contributed by atoms with Gasteiger partial charge < -0.3 is 5.32 Å². The van der Waals surface area contributed by atoms with Crippen molar-refractivity contribution in [2.24, 2.45) is 11.8 Å². The number of hydrogen-bond donors (Lipinski definition) is 1. The summed E-state index contributed by atoms with van der Waals surface area (Å²) < 4.78 is 24.4. The summed E-state index contributed by atoms with van der Waals surface area (Å²) in [6.45, 7) is 0.516. The third kappa shape index (κ3) is 3.87. The summed E-state index contributed by atoms with van der Waals surface area (Å²) in [6, 6.07) is -0.124. The van der Waals surface area contributed by atoms with E-state index in [-0.39, 0.29) is 42.1 Å². The number of amides is 3. The highest BCUT2D eigenvalue weighted by molar-refractivity contribution is 7.88. The molecule has 0 bridgehead atoms. The molecule has 2 atom stereocenters. The van der Waals surface area contributed by atoms with Crippen LogP contribution < -0.4 is 5.32 Å². The van der Waals surface area contributed by atoms with Gasteiger partial charge in [-0.05, 0) is 25.7 Å². The van der Waals surface area contributed by atoms with Crippen LogP contribution in [0.25, 0.3) is 0 Å². The summed E-state index contributed by atoms with van der Waals surface area (Å²) in [5.41, 5.74) is 0. The van der Waals surface area contributed by atoms with Gasteiger partial charge in [-0.15, -0.1) is 0 Å². The minimum atomic E-state index is -3.20. The normalized spacial score (nSPS) is 28.9. The van der Waals surface area contributed by atoms with Crippen molar-refractivity contribution in [2.75, 3.05) is 25.9 Å². The Bertz CT molecular complexity index is 645. The fourth-order valence-electron chi connectivity index (χ4n) is 4.14. The van der Waals surface area contributed by atoms with Crippen molar-refractivity contribution in [1.82, 2.24) is 14.5 Å². The first-order valence-electron chi connectivity index (χ1n) is 8.87. The first-order chi connectivity index (χ1) is 11.8. The van der Waals surface area contributed by atoms with Gasteiger partial charge in [-0.3, -0.25) is 19.3 Å². The summed E-state index contributed by atoms with van der Waals surface area (Å²) >= 11 is 0. The highest BCUT2D eigenvalue weighted by Crippen LogP contribution is 2.37. The number of sulfonamides is 1. The summed E-state index contributed by atoms with van der Waals surface area (Å²) in [4.78, 5) is 38.1. The van der Waals surface area contributed by atoms with Crippen LogP contribution in [0.3, 0.4) is 0 Å². The molecule has 8 nitrogen and oxygen atoms in total. The molecule has 2 saturated heterocycles. The SMILES string of the molecule is CS(=O)(=O)N1CCC(NC(=O)CN2C(=O)C3CCCCC3C2=O)CC1. The minimum Gasteiger partial charge on any atom is -0.352 e. The maximum atomic E-state index is 12.4. The highest BCUT2D eigenvalue weighted by Gasteiger charge is 2.48. The number of fused-ring (bicyclic) bond motifs is 1. The number of likely N-dealkylation sites (tertiary alicyclic amines) is 1. The quantitative estimate of drug-likeness (QED) is 0.684. The first-order valence-corrected chi connectivity index (χ1v) is 10.7. The topological polar surface area (TPSA) is 104 Å². The Morgan fingerprint density at radius 2 is 1.56 bits per heavy atom. The van der Waals surface area contributed by atoms with Gasteiger partial charge in [-0.25, -0.2) is 12.7 Å². The lowest BCUT2D eigenvalue weighted by atomic mass is 9.81. The monoisotopic (exact) mass is 371 g/mol. The molecule has 0 aromatic rings. The molecular weight excluding hydrogens is 346 g/mol. The van der Waals surface area contributed by atoms with E-state index in [9.17, 15) is 22.8 Å². The zero-order valence-electron chi connectivity index (χ0n) is 14.4. The van der Waals surface area contributed by atoms with Crippen LogP contribution >= 0.6 is 0 Å². The molecule has 2 heterocycles. The van der Waals surface area contributed by atoms with E-state index in [4.69, 9.17) is 0 Å². The zero-order chi connectivity index (χ0) is 18.2. The molecule has 1 saturated carbocycles. The summed E-state index contributed by atoms with van der Waals surface area (Å²) in [6.07, 6.45) is 5.63. The van der Waals surface area contributed by atoms with Crippen molar-refractivity contribution < 1.29 is 22.8 Å². The zero-order valence-corrected chi connectivity index (χ0v) is 15.3. The van der Waals surface area contributed by atoms with Crippen LogP contribution in [-0.4, -0.2) is 67.3 Å². The van der Waals surface area contributed by atoms with Crippen molar-refractivity contribution in [3.63, 3.8) is 0 Å². The van der Waals surface area contributed by atoms with E-state index in [1.54, 1.807) is 0 Å². The molecule has 2 aliphatic heterocycles. The van der Waals surface area contributed by atoms with Crippen LogP contribution in [0.5, 0.6) is 0 Å². The predicted octanol–water partition coefficient (Wildman–Crippen LogP) is -0.298. The fraction of sp³-hybridized carbons (Fsp3) is 0.812. The maximum Gasteiger partial charge on any atom is 0.240 e. The average Bonchev–Trinajstić information content (AvgIpc) is 2.80. The molecule has 1 aliphatic carbocycles. The molecule has 0 aromatic heterocycles. The van der Waals surface area contributed by atoms with E-state index >= 15 is 0 Å². The van der Waals surface area contributed by atoms with Crippen molar-refractivity contribution in [1.29, 1.82) is 0 Å². The number of nitrogens with zero attached hydrogens (tertiary/aromatic N) is 2. The largest absolute Gasteiger partial charge is 0.352 e. The molecule has 140 valence electrons. The minimum absolute atomic E-state index is 0.124. The van der Waals surface area contributed by atoms with Crippen LogP contribution in [0.15, 0.2) is 0 Å². The summed E-state index contributed by atoms with van der Waals surface area (Å²) in [7, 11) is -3.20. The van der Waals surface area contributed by atoms with Gasteiger partial charge in [0, 0.05) is 19.1 Å². The molecule has 3 amide bonds. The van der Waals surface area contributed by atoms with E-state index < -0.39 is 10.0 Å². The second-order valence-corrected chi connectivity index (χ2v) is 9.25. The number of imide groups is 1. The van der Waals surface area contributed by atoms with Gasteiger partial charge in [0.2, 0.25) is 27.7 Å². The number of carbonyl (C=O) groups excluding carboxylic acids is 3. The van der Waals surface area contributed by atoms with E-state index in [0.717, 1.165) is 30.6 Å². The van der Waals surface area contributed by atoms with Gasteiger partial charge in [0.15, 0.2) is 0 Å². The van der Waals surface area contributed by atoms with E-state index in [1.165, 1.54) is 10.6 Å². The molecular formula is C16H25N3O5S. The highest BCUT2D eigenvalue weighted by atomic mass is 32.2. The lowest BCUT2D eigenvalue weighted by Gasteiger charge is -2.30. The molecule has 1 N–H and O–H groups in total. The molecule has 0 aromatic carbocycles. The smallest absolute Gasteiger partial charge is 0.240 e. The molecule has 0 radical (unpaired) electrons. The number of piperidine rings is 1. The van der Waals surface area contributed by atoms with Gasteiger partial charge in [-0.1, -0.05) is 12.8 Å². The second-order valence-electron chi connectivity index (χ2n) is 7.26. The Morgan fingerprint density at radius 3 is 2.04 bits per heavy atom. The van der Waals surface area contributed by atoms with Crippen LogP contribution in [0.1, 0.15) is 38.5 Å². The van der Waals surface area contributed by atoms with Crippen molar-refractivity contribution in [3.05, 3.63) is 0 Å². The molecule has 3 fully saturated rings. The molecule has 9 heteroatoms. The summed E-state index contributed by atoms with van der Waals surface area (Å²) in [5.74, 6) is -1.26. The Kier molecular flexibility index (Phi) is 5.15. The van der Waals surface area contributed by atoms with Gasteiger partial charge in [0.1, 0.15) is 6.54 Å². The molecule has 25 heavy (non-hydrogen) atoms. The van der Waals surface area contributed by atoms with Gasteiger partial charge in [-0.2, -0.15) is 0 Å². The lowest BCUT2D eigenvalue weighted by Crippen LogP contribution is -2.49. The number of nitrogens with one attached hydrogen (secondary N) is 1. The van der Waals surface area contributed by atoms with E-state index in [2.05, 4.69) is 5.32 Å². The Labute approximate surface area is 148 Å². The standard InChI is InChI=1S/C16H25N3O5S/c1-25(23,24)18-8-6-11(7-9-18)17-14(20)10-19-15(21)12-4-2-3-5-13(12)16(19)22/h11-13H,2-10H2,1H3,(H,17,20). The van der Waals surface area contributed by atoms with Crippen molar-refractivity contribution >= 4 is 27.7 Å². The van der Waals surface area contributed by atoms with Crippen LogP contribution in [0.4, 0.5) is 0 Å². The molecule has 0 spiro atoms. The second kappa shape index (κ2) is 7.03. The first kappa shape index (κ1) is 18.3. The average molecular weight is 371 g/mol. The number of hydrogen-bond acceptors (Lipinski definition) is 5.